The maximum Gasteiger partial charge on any atom is 0.0663 e. The summed E-state index contributed by atoms with van der Waals surface area (Å²) in [4.78, 5) is 0. The van der Waals surface area contributed by atoms with E-state index in [9.17, 15) is 0 Å². The molecule has 0 atom stereocenters. The molecule has 0 bridgehead atoms. The molecule has 1 aromatic rings. The summed E-state index contributed by atoms with van der Waals surface area (Å²) >= 11 is 0. The minimum Gasteiger partial charge on any atom is -0.0806 e. The Bertz CT molecular complexity index is 356. The van der Waals surface area contributed by atoms with Gasteiger partial charge in [-0.05, 0) is 19.4 Å². The third-order valence-electron chi connectivity index (χ3n) is 2.58. The van der Waals surface area contributed by atoms with E-state index in [0.717, 1.165) is 5.54 Å². The average molecular weight is 200 g/mol. The largest absolute Gasteiger partial charge is 0.0806 e. The zero-order valence-corrected chi connectivity index (χ0v) is 10.2. The lowest BCUT2D eigenvalue weighted by atomic mass is 10.2. The fourth-order valence-corrected chi connectivity index (χ4v) is 4.08. The summed E-state index contributed by atoms with van der Waals surface area (Å²) in [6.07, 6.45) is 8.98. The summed E-state index contributed by atoms with van der Waals surface area (Å²) in [5.74, 6) is 0. The van der Waals surface area contributed by atoms with E-state index in [1.165, 1.54) is 11.1 Å². The molecule has 72 valence electrons. The number of benzene rings is 1. The molecular formula is C13H16Si. The van der Waals surface area contributed by atoms with Gasteiger partial charge in [0.2, 0.25) is 0 Å². The molecule has 0 saturated heterocycles. The third kappa shape index (κ3) is 2.24. The van der Waals surface area contributed by atoms with Crippen molar-refractivity contribution in [3.63, 3.8) is 0 Å². The molecule has 0 aliphatic heterocycles. The highest BCUT2D eigenvalue weighted by Gasteiger charge is 2.06. The first-order valence-corrected chi connectivity index (χ1v) is 6.68. The van der Waals surface area contributed by atoms with Crippen molar-refractivity contribution in [2.45, 2.75) is 19.4 Å². The van der Waals surface area contributed by atoms with Gasteiger partial charge in [0.15, 0.2) is 0 Å². The van der Waals surface area contributed by atoms with Crippen LogP contribution in [0.2, 0.25) is 5.54 Å². The normalized spacial score (nSPS) is 16.1. The quantitative estimate of drug-likeness (QED) is 0.641. The molecule has 0 unspecified atom stereocenters. The minimum atomic E-state index is -0.151. The first-order chi connectivity index (χ1) is 6.74. The predicted molar refractivity (Wildman–Crippen MR) is 66.1 cm³/mol. The molecule has 1 aliphatic rings. The van der Waals surface area contributed by atoms with Crippen molar-refractivity contribution in [3.05, 3.63) is 53.6 Å². The summed E-state index contributed by atoms with van der Waals surface area (Å²) in [5, 5.41) is 1.59. The molecule has 0 amide bonds. The maximum absolute atomic E-state index is 2.35. The fourth-order valence-electron chi connectivity index (χ4n) is 2.07. The topological polar surface area (TPSA) is 0 Å². The van der Waals surface area contributed by atoms with Crippen LogP contribution in [-0.2, 0) is 0 Å². The SMILES string of the molecule is Cc1cc(C)cc([SiH2]C2C=CC=C2)c1. The van der Waals surface area contributed by atoms with Crippen LogP contribution in [0.1, 0.15) is 11.1 Å². The van der Waals surface area contributed by atoms with Crippen molar-refractivity contribution in [3.8, 4) is 0 Å². The lowest BCUT2D eigenvalue weighted by Crippen LogP contribution is -2.17. The van der Waals surface area contributed by atoms with Crippen molar-refractivity contribution in [1.29, 1.82) is 0 Å². The average Bonchev–Trinajstić information content (AvgIpc) is 2.54. The molecule has 0 heterocycles. The van der Waals surface area contributed by atoms with Gasteiger partial charge in [-0.1, -0.05) is 58.8 Å². The molecule has 1 aliphatic carbocycles. The Balaban J connectivity index is 2.16. The Morgan fingerprint density at radius 1 is 0.929 bits per heavy atom. The minimum absolute atomic E-state index is 0.151. The van der Waals surface area contributed by atoms with Crippen LogP contribution >= 0.6 is 0 Å². The summed E-state index contributed by atoms with van der Waals surface area (Å²) in [5.41, 5.74) is 3.55. The van der Waals surface area contributed by atoms with E-state index in [0.29, 0.717) is 0 Å². The van der Waals surface area contributed by atoms with Gasteiger partial charge in [-0.15, -0.1) is 0 Å². The first-order valence-electron chi connectivity index (χ1n) is 5.16. The number of allylic oxidation sites excluding steroid dienone is 4. The van der Waals surface area contributed by atoms with Crippen LogP contribution in [0, 0.1) is 13.8 Å². The Morgan fingerprint density at radius 3 is 2.07 bits per heavy atom. The van der Waals surface area contributed by atoms with Gasteiger partial charge in [0.1, 0.15) is 0 Å². The fraction of sp³-hybridized carbons (Fsp3) is 0.231. The van der Waals surface area contributed by atoms with Crippen LogP contribution in [0.25, 0.3) is 0 Å². The van der Waals surface area contributed by atoms with E-state index in [1.807, 2.05) is 0 Å². The maximum atomic E-state index is 2.35. The van der Waals surface area contributed by atoms with E-state index in [1.54, 1.807) is 5.19 Å². The van der Waals surface area contributed by atoms with E-state index < -0.39 is 0 Å². The smallest absolute Gasteiger partial charge is 0.0663 e. The monoisotopic (exact) mass is 200 g/mol. The van der Waals surface area contributed by atoms with Crippen molar-refractivity contribution in [2.75, 3.05) is 0 Å². The second-order valence-corrected chi connectivity index (χ2v) is 6.30. The number of hydrogen-bond acceptors (Lipinski definition) is 0. The molecule has 2 rings (SSSR count). The van der Waals surface area contributed by atoms with Crippen LogP contribution in [0.4, 0.5) is 0 Å². The molecule has 0 aromatic heterocycles. The van der Waals surface area contributed by atoms with Crippen molar-refractivity contribution in [1.82, 2.24) is 0 Å². The van der Waals surface area contributed by atoms with Gasteiger partial charge in [0.25, 0.3) is 0 Å². The standard InChI is InChI=1S/C13H16Si/c1-10-7-11(2)9-13(8-10)14-12-5-3-4-6-12/h3-9,12H,14H2,1-2H3. The molecule has 0 fully saturated rings. The molecule has 0 nitrogen and oxygen atoms in total. The second kappa shape index (κ2) is 3.97. The van der Waals surface area contributed by atoms with Crippen LogP contribution in [-0.4, -0.2) is 9.52 Å². The van der Waals surface area contributed by atoms with E-state index in [4.69, 9.17) is 0 Å². The summed E-state index contributed by atoms with van der Waals surface area (Å²) in [7, 11) is -0.151. The number of hydrogen-bond donors (Lipinski definition) is 0. The van der Waals surface area contributed by atoms with Gasteiger partial charge in [0.05, 0.1) is 9.52 Å². The van der Waals surface area contributed by atoms with Gasteiger partial charge in [0, 0.05) is 0 Å². The lowest BCUT2D eigenvalue weighted by molar-refractivity contribution is 1.38. The van der Waals surface area contributed by atoms with Gasteiger partial charge in [-0.3, -0.25) is 0 Å². The summed E-state index contributed by atoms with van der Waals surface area (Å²) in [6, 6.07) is 6.94. The molecule has 0 saturated carbocycles. The highest BCUT2D eigenvalue weighted by molar-refractivity contribution is 6.56. The van der Waals surface area contributed by atoms with Crippen molar-refractivity contribution < 1.29 is 0 Å². The Labute approximate surface area is 88.2 Å². The Kier molecular flexibility index (Phi) is 2.68. The zero-order chi connectivity index (χ0) is 9.97. The highest BCUT2D eigenvalue weighted by atomic mass is 28.2. The number of rotatable bonds is 2. The predicted octanol–water partition coefficient (Wildman–Crippen LogP) is 2.01. The molecule has 14 heavy (non-hydrogen) atoms. The van der Waals surface area contributed by atoms with Crippen molar-refractivity contribution >= 4 is 14.7 Å². The van der Waals surface area contributed by atoms with Crippen molar-refractivity contribution in [2.24, 2.45) is 0 Å². The lowest BCUT2D eigenvalue weighted by Gasteiger charge is -2.07. The van der Waals surface area contributed by atoms with E-state index in [2.05, 4.69) is 56.4 Å². The molecule has 0 radical (unpaired) electrons. The van der Waals surface area contributed by atoms with E-state index in [-0.39, 0.29) is 9.52 Å². The van der Waals surface area contributed by atoms with Gasteiger partial charge < -0.3 is 0 Å². The molecule has 0 N–H and O–H groups in total. The number of aryl methyl sites for hydroxylation is 2. The first kappa shape index (κ1) is 9.47. The van der Waals surface area contributed by atoms with Crippen LogP contribution in [0.15, 0.2) is 42.5 Å². The zero-order valence-electron chi connectivity index (χ0n) is 8.83. The Morgan fingerprint density at radius 2 is 1.50 bits per heavy atom. The van der Waals surface area contributed by atoms with Gasteiger partial charge in [-0.25, -0.2) is 0 Å². The third-order valence-corrected chi connectivity index (χ3v) is 4.48. The van der Waals surface area contributed by atoms with Gasteiger partial charge in [-0.2, -0.15) is 0 Å². The molecule has 1 heteroatoms. The van der Waals surface area contributed by atoms with E-state index >= 15 is 0 Å². The molecule has 0 spiro atoms. The molecule has 1 aromatic carbocycles. The van der Waals surface area contributed by atoms with Crippen LogP contribution in [0.3, 0.4) is 0 Å². The summed E-state index contributed by atoms with van der Waals surface area (Å²) < 4.78 is 0. The molecular weight excluding hydrogens is 184 g/mol. The van der Waals surface area contributed by atoms with Crippen LogP contribution in [0.5, 0.6) is 0 Å². The highest BCUT2D eigenvalue weighted by Crippen LogP contribution is 2.13. The summed E-state index contributed by atoms with van der Waals surface area (Å²) in [6.45, 7) is 4.37. The van der Waals surface area contributed by atoms with Crippen LogP contribution < -0.4 is 5.19 Å². The Hall–Kier alpha value is -1.08. The van der Waals surface area contributed by atoms with Gasteiger partial charge >= 0.3 is 0 Å². The second-order valence-electron chi connectivity index (χ2n) is 4.13.